The Labute approximate surface area is 166 Å². The van der Waals surface area contributed by atoms with Crippen LogP contribution in [0.5, 0.6) is 11.5 Å². The molecule has 0 aliphatic carbocycles. The van der Waals surface area contributed by atoms with Gasteiger partial charge in [-0.05, 0) is 24.3 Å². The molecule has 9 heteroatoms. The summed E-state index contributed by atoms with van der Waals surface area (Å²) in [6, 6.07) is 9.01. The second-order valence-electron chi connectivity index (χ2n) is 6.29. The lowest BCUT2D eigenvalue weighted by atomic mass is 10.2. The van der Waals surface area contributed by atoms with Gasteiger partial charge in [0.25, 0.3) is 0 Å². The van der Waals surface area contributed by atoms with Gasteiger partial charge in [0.2, 0.25) is 0 Å². The third-order valence-corrected chi connectivity index (χ3v) is 5.68. The van der Waals surface area contributed by atoms with Gasteiger partial charge < -0.3 is 24.6 Å². The van der Waals surface area contributed by atoms with Crippen molar-refractivity contribution in [2.75, 3.05) is 50.6 Å². The largest absolute Gasteiger partial charge is 0.497 e. The number of ether oxygens (including phenoxy) is 2. The summed E-state index contributed by atoms with van der Waals surface area (Å²) >= 11 is 1.58. The molecule has 8 nitrogen and oxygen atoms in total. The number of amides is 2. The van der Waals surface area contributed by atoms with Gasteiger partial charge in [-0.25, -0.2) is 14.8 Å². The van der Waals surface area contributed by atoms with Crippen molar-refractivity contribution in [2.45, 2.75) is 0 Å². The first-order valence-electron chi connectivity index (χ1n) is 8.92. The topological polar surface area (TPSA) is 79.8 Å². The summed E-state index contributed by atoms with van der Waals surface area (Å²) in [6.45, 7) is 2.67. The van der Waals surface area contributed by atoms with Crippen molar-refractivity contribution < 1.29 is 14.3 Å². The Kier molecular flexibility index (Phi) is 5.16. The highest BCUT2D eigenvalue weighted by Gasteiger charge is 2.24. The third kappa shape index (κ3) is 3.65. The molecule has 0 unspecified atom stereocenters. The molecule has 1 fully saturated rings. The summed E-state index contributed by atoms with van der Waals surface area (Å²) in [5, 5.41) is 3.87. The molecule has 1 aliphatic rings. The summed E-state index contributed by atoms with van der Waals surface area (Å²) < 4.78 is 10.6. The highest BCUT2D eigenvalue weighted by molar-refractivity contribution is 7.21. The first-order chi connectivity index (χ1) is 13.7. The first-order valence-corrected chi connectivity index (χ1v) is 9.74. The number of hydrogen-bond acceptors (Lipinski definition) is 7. The number of rotatable bonds is 4. The van der Waals surface area contributed by atoms with Crippen LogP contribution in [-0.4, -0.2) is 61.3 Å². The highest BCUT2D eigenvalue weighted by atomic mass is 32.1. The fourth-order valence-corrected chi connectivity index (χ4v) is 4.06. The zero-order valence-electron chi connectivity index (χ0n) is 15.7. The highest BCUT2D eigenvalue weighted by Crippen LogP contribution is 2.30. The summed E-state index contributed by atoms with van der Waals surface area (Å²) in [5.74, 6) is 1.25. The van der Waals surface area contributed by atoms with Crippen molar-refractivity contribution in [1.29, 1.82) is 0 Å². The lowest BCUT2D eigenvalue weighted by Crippen LogP contribution is -2.50. The van der Waals surface area contributed by atoms with E-state index in [1.165, 1.54) is 0 Å². The molecular weight excluding hydrogens is 378 g/mol. The maximum Gasteiger partial charge on any atom is 0.322 e. The molecule has 0 spiro atoms. The van der Waals surface area contributed by atoms with Crippen molar-refractivity contribution in [3.63, 3.8) is 0 Å². The molecule has 3 aromatic rings. The normalized spacial score (nSPS) is 14.2. The van der Waals surface area contributed by atoms with Crippen LogP contribution in [-0.2, 0) is 0 Å². The van der Waals surface area contributed by atoms with Crippen LogP contribution in [0.2, 0.25) is 0 Å². The Morgan fingerprint density at radius 3 is 2.68 bits per heavy atom. The molecule has 0 atom stereocenters. The molecule has 1 aromatic carbocycles. The number of methoxy groups -OCH3 is 2. The Morgan fingerprint density at radius 1 is 1.14 bits per heavy atom. The Bertz CT molecular complexity index is 952. The maximum atomic E-state index is 12.7. The van der Waals surface area contributed by atoms with E-state index in [1.807, 2.05) is 12.1 Å². The van der Waals surface area contributed by atoms with Crippen molar-refractivity contribution in [3.8, 4) is 11.5 Å². The van der Waals surface area contributed by atoms with Crippen molar-refractivity contribution in [3.05, 3.63) is 36.5 Å². The molecule has 4 rings (SSSR count). The summed E-state index contributed by atoms with van der Waals surface area (Å²) in [7, 11) is 3.16. The quantitative estimate of drug-likeness (QED) is 0.726. The van der Waals surface area contributed by atoms with Gasteiger partial charge in [-0.1, -0.05) is 11.3 Å². The van der Waals surface area contributed by atoms with E-state index in [0.29, 0.717) is 30.3 Å². The molecule has 2 aromatic heterocycles. The van der Waals surface area contributed by atoms with Gasteiger partial charge in [0.15, 0.2) is 5.13 Å². The Hall–Kier alpha value is -3.07. The number of carbonyl (C=O) groups is 1. The molecule has 2 amide bonds. The number of thiazole rings is 1. The number of hydrogen-bond donors (Lipinski definition) is 1. The zero-order valence-corrected chi connectivity index (χ0v) is 16.5. The number of nitrogens with one attached hydrogen (secondary N) is 1. The van der Waals surface area contributed by atoms with Gasteiger partial charge >= 0.3 is 6.03 Å². The van der Waals surface area contributed by atoms with Crippen LogP contribution in [0.15, 0.2) is 36.5 Å². The average Bonchev–Trinajstić information content (AvgIpc) is 3.18. The number of piperazine rings is 1. The van der Waals surface area contributed by atoms with Crippen LogP contribution in [0.4, 0.5) is 15.6 Å². The number of anilines is 2. The second-order valence-corrected chi connectivity index (χ2v) is 7.25. The predicted octanol–water partition coefficient (Wildman–Crippen LogP) is 3.06. The standard InChI is InChI=1S/C19H21N5O3S/c1-26-13-5-6-16(27-2)15(12-13)21-18(25)23-8-10-24(11-9-23)19-22-14-4-3-7-20-17(14)28-19/h3-7,12H,8-11H2,1-2H3,(H,21,25). The summed E-state index contributed by atoms with van der Waals surface area (Å²) in [4.78, 5) is 26.6. The molecule has 1 saturated heterocycles. The second kappa shape index (κ2) is 7.89. The smallest absolute Gasteiger partial charge is 0.322 e. The van der Waals surface area contributed by atoms with E-state index < -0.39 is 0 Å². The van der Waals surface area contributed by atoms with Gasteiger partial charge in [-0.15, -0.1) is 0 Å². The van der Waals surface area contributed by atoms with E-state index in [0.717, 1.165) is 28.6 Å². The van der Waals surface area contributed by atoms with Crippen LogP contribution in [0.3, 0.4) is 0 Å². The fourth-order valence-electron chi connectivity index (χ4n) is 3.10. The summed E-state index contributed by atoms with van der Waals surface area (Å²) in [6.07, 6.45) is 1.78. The van der Waals surface area contributed by atoms with Crippen molar-refractivity contribution >= 4 is 38.5 Å². The number of fused-ring (bicyclic) bond motifs is 1. The van der Waals surface area contributed by atoms with Gasteiger partial charge in [-0.2, -0.15) is 0 Å². The fraction of sp³-hybridized carbons (Fsp3) is 0.316. The minimum atomic E-state index is -0.155. The molecule has 146 valence electrons. The van der Waals surface area contributed by atoms with Crippen LogP contribution in [0.1, 0.15) is 0 Å². The van der Waals surface area contributed by atoms with E-state index in [2.05, 4.69) is 20.2 Å². The molecule has 0 bridgehead atoms. The molecule has 1 aliphatic heterocycles. The lowest BCUT2D eigenvalue weighted by molar-refractivity contribution is 0.208. The first kappa shape index (κ1) is 18.3. The SMILES string of the molecule is COc1ccc(OC)c(NC(=O)N2CCN(c3nc4cccnc4s3)CC2)c1. The van der Waals surface area contributed by atoms with Crippen LogP contribution >= 0.6 is 11.3 Å². The van der Waals surface area contributed by atoms with Crippen LogP contribution in [0.25, 0.3) is 10.3 Å². The number of nitrogens with zero attached hydrogens (tertiary/aromatic N) is 4. The third-order valence-electron chi connectivity index (χ3n) is 4.64. The minimum absolute atomic E-state index is 0.155. The van der Waals surface area contributed by atoms with Crippen LogP contribution < -0.4 is 19.7 Å². The maximum absolute atomic E-state index is 12.7. The number of aromatic nitrogens is 2. The number of benzene rings is 1. The van der Waals surface area contributed by atoms with E-state index >= 15 is 0 Å². The van der Waals surface area contributed by atoms with Crippen molar-refractivity contribution in [1.82, 2.24) is 14.9 Å². The van der Waals surface area contributed by atoms with Gasteiger partial charge in [0, 0.05) is 38.4 Å². The monoisotopic (exact) mass is 399 g/mol. The Morgan fingerprint density at radius 2 is 1.96 bits per heavy atom. The van der Waals surface area contributed by atoms with E-state index in [1.54, 1.807) is 54.9 Å². The van der Waals surface area contributed by atoms with E-state index in [4.69, 9.17) is 9.47 Å². The minimum Gasteiger partial charge on any atom is -0.497 e. The molecule has 28 heavy (non-hydrogen) atoms. The number of pyridine rings is 1. The van der Waals surface area contributed by atoms with E-state index in [9.17, 15) is 4.79 Å². The van der Waals surface area contributed by atoms with E-state index in [-0.39, 0.29) is 6.03 Å². The molecule has 0 radical (unpaired) electrons. The zero-order chi connectivity index (χ0) is 19.5. The molecule has 1 N–H and O–H groups in total. The average molecular weight is 399 g/mol. The number of carbonyl (C=O) groups excluding carboxylic acids is 1. The van der Waals surface area contributed by atoms with Gasteiger partial charge in [-0.3, -0.25) is 0 Å². The van der Waals surface area contributed by atoms with Gasteiger partial charge in [0.1, 0.15) is 21.8 Å². The van der Waals surface area contributed by atoms with Crippen LogP contribution in [0, 0.1) is 0 Å². The number of urea groups is 1. The predicted molar refractivity (Wildman–Crippen MR) is 110 cm³/mol. The summed E-state index contributed by atoms with van der Waals surface area (Å²) in [5.41, 5.74) is 1.50. The molecular formula is C19H21N5O3S. The van der Waals surface area contributed by atoms with Crippen molar-refractivity contribution in [2.24, 2.45) is 0 Å². The van der Waals surface area contributed by atoms with Gasteiger partial charge in [0.05, 0.1) is 19.9 Å². The molecule has 0 saturated carbocycles. The lowest BCUT2D eigenvalue weighted by Gasteiger charge is -2.34. The Balaban J connectivity index is 1.40. The molecule has 3 heterocycles.